The third kappa shape index (κ3) is 30.2. The van der Waals surface area contributed by atoms with Crippen LogP contribution in [0.15, 0.2) is 0 Å². The molecule has 1 unspecified atom stereocenters. The second-order valence-electron chi connectivity index (χ2n) is 10.2. The quantitative estimate of drug-likeness (QED) is 0.0921. The zero-order chi connectivity index (χ0) is 24.0. The highest BCUT2D eigenvalue weighted by atomic mass is 28.4. The van der Waals surface area contributed by atoms with Crippen LogP contribution in [0.5, 0.6) is 0 Å². The van der Waals surface area contributed by atoms with E-state index >= 15 is 0 Å². The van der Waals surface area contributed by atoms with Crippen molar-refractivity contribution in [1.29, 1.82) is 0 Å². The van der Waals surface area contributed by atoms with Gasteiger partial charge in [-0.2, -0.15) is 0 Å². The molecule has 0 aliphatic heterocycles. The number of hydrogen-bond acceptors (Lipinski definition) is 5. The molecule has 7 heteroatoms. The largest absolute Gasteiger partial charge is 0.698 e. The average Bonchev–Trinajstić information content (AvgIpc) is 2.66. The van der Waals surface area contributed by atoms with Crippen LogP contribution in [0, 0.1) is 11.3 Å². The first-order valence-corrected chi connectivity index (χ1v) is 15.5. The van der Waals surface area contributed by atoms with Crippen molar-refractivity contribution in [1.82, 2.24) is 0 Å². The van der Waals surface area contributed by atoms with E-state index in [0.29, 0.717) is 5.41 Å². The van der Waals surface area contributed by atoms with Crippen molar-refractivity contribution in [2.24, 2.45) is 11.3 Å². The second-order valence-corrected chi connectivity index (χ2v) is 11.8. The van der Waals surface area contributed by atoms with Gasteiger partial charge in [-0.05, 0) is 11.3 Å². The SMILES string of the molecule is CCCCCCCCCCCCCCCCCCC(C)C(C)(C)C.O[Si](O)(O)OO[SiH3]. The van der Waals surface area contributed by atoms with E-state index in [1.165, 1.54) is 109 Å². The van der Waals surface area contributed by atoms with Gasteiger partial charge in [0.25, 0.3) is 0 Å². The van der Waals surface area contributed by atoms with Crippen molar-refractivity contribution in [2.75, 3.05) is 0 Å². The molecule has 0 aromatic heterocycles. The number of unbranched alkanes of at least 4 members (excludes halogenated alkanes) is 15. The van der Waals surface area contributed by atoms with Gasteiger partial charge in [0.2, 0.25) is 0 Å². The monoisotopic (exact) mass is 480 g/mol. The Balaban J connectivity index is 0. The molecule has 0 rings (SSSR count). The van der Waals surface area contributed by atoms with Crippen LogP contribution >= 0.6 is 0 Å². The standard InChI is InChI=1S/C24H50.H6O5Si2/c1-6-7-8-9-10-11-12-13-14-15-16-17-18-19-20-21-22-23(2)24(3,4)5;1-7(2,3)5-4-6/h23H,6-22H2,1-5H3;1-3H,6H3. The van der Waals surface area contributed by atoms with E-state index in [2.05, 4.69) is 43.8 Å². The molecule has 5 nitrogen and oxygen atoms in total. The third-order valence-corrected chi connectivity index (χ3v) is 7.05. The summed E-state index contributed by atoms with van der Waals surface area (Å²) in [4.78, 5) is 23.8. The Bertz CT molecular complexity index is 357. The zero-order valence-corrected chi connectivity index (χ0v) is 24.8. The van der Waals surface area contributed by atoms with Crippen molar-refractivity contribution >= 4 is 19.5 Å². The molecule has 0 saturated heterocycles. The highest BCUT2D eigenvalue weighted by Crippen LogP contribution is 2.29. The topological polar surface area (TPSA) is 79.2 Å². The minimum Gasteiger partial charge on any atom is -0.366 e. The lowest BCUT2D eigenvalue weighted by Gasteiger charge is -2.27. The van der Waals surface area contributed by atoms with Crippen molar-refractivity contribution in [3.05, 3.63) is 0 Å². The lowest BCUT2D eigenvalue weighted by molar-refractivity contribution is -0.173. The fraction of sp³-hybridized carbons (Fsp3) is 1.00. The van der Waals surface area contributed by atoms with Gasteiger partial charge in [-0.15, -0.1) is 0 Å². The van der Waals surface area contributed by atoms with E-state index in [9.17, 15) is 0 Å². The molecule has 0 heterocycles. The van der Waals surface area contributed by atoms with Crippen molar-refractivity contribution < 1.29 is 23.5 Å². The highest BCUT2D eigenvalue weighted by molar-refractivity contribution is 6.48. The molecule has 3 N–H and O–H groups in total. The molecular formula is C24H56O5Si2. The minimum atomic E-state index is -4.34. The normalized spacial score (nSPS) is 13.2. The maximum absolute atomic E-state index is 7.94. The van der Waals surface area contributed by atoms with E-state index in [-0.39, 0.29) is 10.5 Å². The summed E-state index contributed by atoms with van der Waals surface area (Å²) in [7, 11) is -4.14. The van der Waals surface area contributed by atoms with Crippen LogP contribution in [0.4, 0.5) is 0 Å². The Labute approximate surface area is 198 Å². The molecule has 0 spiro atoms. The van der Waals surface area contributed by atoms with E-state index in [1.807, 2.05) is 0 Å². The van der Waals surface area contributed by atoms with E-state index in [0.717, 1.165) is 5.92 Å². The predicted octanol–water partition coefficient (Wildman–Crippen LogP) is 5.95. The van der Waals surface area contributed by atoms with Gasteiger partial charge >= 0.3 is 9.05 Å². The van der Waals surface area contributed by atoms with Crippen LogP contribution in [0.3, 0.4) is 0 Å². The number of hydrogen-bond donors (Lipinski definition) is 3. The van der Waals surface area contributed by atoms with Gasteiger partial charge in [0.1, 0.15) is 0 Å². The average molecular weight is 481 g/mol. The number of rotatable bonds is 19. The molecule has 0 aromatic carbocycles. The summed E-state index contributed by atoms with van der Waals surface area (Å²) in [6, 6.07) is 0. The molecular weight excluding hydrogens is 424 g/mol. The first-order valence-electron chi connectivity index (χ1n) is 12.9. The fourth-order valence-electron chi connectivity index (χ4n) is 3.54. The van der Waals surface area contributed by atoms with Crippen molar-refractivity contribution in [3.8, 4) is 0 Å². The second kappa shape index (κ2) is 22.0. The Morgan fingerprint density at radius 2 is 1.00 bits per heavy atom. The van der Waals surface area contributed by atoms with Gasteiger partial charge in [-0.3, -0.25) is 0 Å². The smallest absolute Gasteiger partial charge is 0.366 e. The molecule has 0 radical (unpaired) electrons. The molecule has 1 atom stereocenters. The van der Waals surface area contributed by atoms with Gasteiger partial charge in [0.05, 0.1) is 0 Å². The maximum atomic E-state index is 7.94. The summed E-state index contributed by atoms with van der Waals surface area (Å²) in [5, 5.41) is 0. The van der Waals surface area contributed by atoms with Gasteiger partial charge in [-0.25, -0.2) is 4.58 Å². The van der Waals surface area contributed by atoms with Gasteiger partial charge in [-0.1, -0.05) is 144 Å². The molecule has 0 aromatic rings. The molecule has 0 aliphatic carbocycles. The lowest BCUT2D eigenvalue weighted by atomic mass is 9.79. The van der Waals surface area contributed by atoms with E-state index in [1.54, 1.807) is 0 Å². The maximum Gasteiger partial charge on any atom is 0.698 e. The van der Waals surface area contributed by atoms with Crippen LogP contribution in [0.1, 0.15) is 144 Å². The summed E-state index contributed by atoms with van der Waals surface area (Å²) in [5.41, 5.74) is 0.496. The molecule has 190 valence electrons. The molecule has 0 fully saturated rings. The third-order valence-electron chi connectivity index (χ3n) is 6.16. The first kappa shape index (κ1) is 33.4. The summed E-state index contributed by atoms with van der Waals surface area (Å²) in [6.07, 6.45) is 24.9. The van der Waals surface area contributed by atoms with Gasteiger partial charge in [0, 0.05) is 0 Å². The molecule has 31 heavy (non-hydrogen) atoms. The van der Waals surface area contributed by atoms with Gasteiger partial charge in [0.15, 0.2) is 10.5 Å². The van der Waals surface area contributed by atoms with Crippen LogP contribution in [0.2, 0.25) is 0 Å². The Hall–Kier alpha value is 0.234. The molecule has 0 bridgehead atoms. The van der Waals surface area contributed by atoms with Crippen LogP contribution in [0.25, 0.3) is 0 Å². The Morgan fingerprint density at radius 3 is 1.23 bits per heavy atom. The van der Waals surface area contributed by atoms with Crippen molar-refractivity contribution in [2.45, 2.75) is 144 Å². The summed E-state index contributed by atoms with van der Waals surface area (Å²) >= 11 is 0. The fourth-order valence-corrected chi connectivity index (χ4v) is 4.44. The molecule has 0 aliphatic rings. The first-order chi connectivity index (χ1) is 14.5. The molecule has 0 saturated carbocycles. The zero-order valence-electron chi connectivity index (χ0n) is 21.8. The van der Waals surface area contributed by atoms with Crippen LogP contribution in [-0.4, -0.2) is 33.9 Å². The van der Waals surface area contributed by atoms with Gasteiger partial charge < -0.3 is 19.0 Å². The minimum absolute atomic E-state index is 0.202. The highest BCUT2D eigenvalue weighted by Gasteiger charge is 2.31. The van der Waals surface area contributed by atoms with Crippen LogP contribution in [-0.2, 0) is 9.15 Å². The summed E-state index contributed by atoms with van der Waals surface area (Å²) < 4.78 is 7.45. The predicted molar refractivity (Wildman–Crippen MR) is 137 cm³/mol. The van der Waals surface area contributed by atoms with Crippen LogP contribution < -0.4 is 0 Å². The lowest BCUT2D eigenvalue weighted by Crippen LogP contribution is -2.38. The van der Waals surface area contributed by atoms with Crippen molar-refractivity contribution in [3.63, 3.8) is 0 Å². The van der Waals surface area contributed by atoms with E-state index < -0.39 is 9.05 Å². The Kier molecular flexibility index (Phi) is 23.8. The Morgan fingerprint density at radius 1 is 0.677 bits per heavy atom. The van der Waals surface area contributed by atoms with E-state index in [4.69, 9.17) is 14.4 Å². The summed E-state index contributed by atoms with van der Waals surface area (Å²) in [5.74, 6) is 0.865. The summed E-state index contributed by atoms with van der Waals surface area (Å²) in [6.45, 7) is 11.9. The molecule has 0 amide bonds.